The van der Waals surface area contributed by atoms with Crippen molar-refractivity contribution in [1.82, 2.24) is 0 Å². The molecule has 72 heavy (non-hydrogen) atoms. The predicted molar refractivity (Wildman–Crippen MR) is 296 cm³/mol. The molecule has 8 aromatic carbocycles. The highest BCUT2D eigenvalue weighted by atomic mass is 19.1. The lowest BCUT2D eigenvalue weighted by atomic mass is 9.67. The molecule has 0 saturated carbocycles. The Morgan fingerprint density at radius 2 is 0.917 bits per heavy atom. The van der Waals surface area contributed by atoms with Gasteiger partial charge < -0.3 is 9.80 Å². The number of hydrogen-bond acceptors (Lipinski definition) is 2. The standard InChI is InChI=1S/C68H52F2N2/c1-43-13-9-17-49(37-43)51-29-35-63(57(41-51)53-19-11-15-45(3)39-53)71(65-23-7-5-21-59(65)69)61-33-27-47-26-32-56-62(34-28-48-25-31-55(61)67(47)68(48)56)72(66-24-8-6-22-60(66)70)64-36-30-52(50-18-10-14-44(2)38-50)42-58(64)54-20-12-16-46(4)40-54/h5-42,61,68H,1-4H3. The van der Waals surface area contributed by atoms with Gasteiger partial charge in [0.15, 0.2) is 0 Å². The molecule has 0 aliphatic heterocycles. The fourth-order valence-electron chi connectivity index (χ4n) is 11.2. The van der Waals surface area contributed by atoms with Crippen LogP contribution >= 0.6 is 0 Å². The molecule has 0 radical (unpaired) electrons. The molecule has 12 rings (SSSR count). The Morgan fingerprint density at radius 3 is 1.50 bits per heavy atom. The number of benzene rings is 8. The van der Waals surface area contributed by atoms with E-state index in [1.165, 1.54) is 11.1 Å². The van der Waals surface area contributed by atoms with Gasteiger partial charge >= 0.3 is 0 Å². The number of halogens is 2. The summed E-state index contributed by atoms with van der Waals surface area (Å²) in [5.41, 5.74) is 22.3. The lowest BCUT2D eigenvalue weighted by molar-refractivity contribution is 0.622. The minimum Gasteiger partial charge on any atom is -0.327 e. The van der Waals surface area contributed by atoms with E-state index in [2.05, 4.69) is 220 Å². The van der Waals surface area contributed by atoms with Crippen molar-refractivity contribution in [1.29, 1.82) is 0 Å². The van der Waals surface area contributed by atoms with E-state index in [0.29, 0.717) is 11.4 Å². The maximum absolute atomic E-state index is 16.7. The minimum absolute atomic E-state index is 0.178. The molecule has 0 spiro atoms. The Balaban J connectivity index is 1.03. The summed E-state index contributed by atoms with van der Waals surface area (Å²) in [6.07, 6.45) is 17.7. The molecule has 0 bridgehead atoms. The molecule has 2 atom stereocenters. The van der Waals surface area contributed by atoms with Gasteiger partial charge in [0, 0.05) is 22.7 Å². The van der Waals surface area contributed by atoms with E-state index < -0.39 is 6.04 Å². The zero-order valence-corrected chi connectivity index (χ0v) is 40.7. The Kier molecular flexibility index (Phi) is 11.3. The van der Waals surface area contributed by atoms with Gasteiger partial charge in [-0.05, 0) is 144 Å². The molecule has 0 aromatic heterocycles. The highest BCUT2D eigenvalue weighted by Crippen LogP contribution is 2.53. The summed E-state index contributed by atoms with van der Waals surface area (Å²) in [5, 5.41) is 0. The Labute approximate surface area is 421 Å². The van der Waals surface area contributed by atoms with Crippen LogP contribution in [0.4, 0.5) is 31.5 Å². The van der Waals surface area contributed by atoms with E-state index in [1.54, 1.807) is 24.3 Å². The number of allylic oxidation sites excluding steroid dienone is 10. The first-order valence-corrected chi connectivity index (χ1v) is 24.8. The first kappa shape index (κ1) is 44.6. The molecular weight excluding hydrogens is 883 g/mol. The summed E-state index contributed by atoms with van der Waals surface area (Å²) in [4.78, 5) is 4.31. The number of hydrogen-bond donors (Lipinski definition) is 0. The lowest BCUT2D eigenvalue weighted by Gasteiger charge is -2.44. The SMILES string of the molecule is Cc1cccc(-c2ccc(N(C3=C4C=CC5=C6C(=CC=C(C=C3)C46)C(N(c3ccccc3F)c3ccc(-c4cccc(C)c4)cc3-c3cccc(C)c3)C=C5)c3ccccc3F)c(-c3cccc(C)c3)c2)c1. The van der Waals surface area contributed by atoms with Gasteiger partial charge in [-0.15, -0.1) is 0 Å². The van der Waals surface area contributed by atoms with E-state index in [1.807, 2.05) is 24.3 Å². The minimum atomic E-state index is -0.390. The van der Waals surface area contributed by atoms with Crippen LogP contribution in [0.5, 0.6) is 0 Å². The Hall–Kier alpha value is -8.60. The first-order chi connectivity index (χ1) is 35.2. The largest absolute Gasteiger partial charge is 0.327 e. The predicted octanol–water partition coefficient (Wildman–Crippen LogP) is 18.0. The second-order valence-electron chi connectivity index (χ2n) is 19.5. The van der Waals surface area contributed by atoms with Crippen LogP contribution in [0, 0.1) is 45.2 Å². The van der Waals surface area contributed by atoms with Gasteiger partial charge in [0.25, 0.3) is 0 Å². The molecule has 0 amide bonds. The third kappa shape index (κ3) is 7.99. The monoisotopic (exact) mass is 934 g/mol. The van der Waals surface area contributed by atoms with Crippen molar-refractivity contribution in [3.63, 3.8) is 0 Å². The van der Waals surface area contributed by atoms with Gasteiger partial charge in [0.05, 0.1) is 28.8 Å². The fraction of sp³-hybridized carbons (Fsp3) is 0.0882. The molecular formula is C68H52F2N2. The topological polar surface area (TPSA) is 6.48 Å². The molecule has 348 valence electrons. The van der Waals surface area contributed by atoms with Crippen molar-refractivity contribution in [2.45, 2.75) is 33.7 Å². The number of nitrogens with zero attached hydrogens (tertiary/aromatic N) is 2. The average Bonchev–Trinajstić information content (AvgIpc) is 3.40. The van der Waals surface area contributed by atoms with E-state index >= 15 is 8.78 Å². The molecule has 4 heteroatoms. The summed E-state index contributed by atoms with van der Waals surface area (Å²) >= 11 is 0. The van der Waals surface area contributed by atoms with Crippen LogP contribution in [0.15, 0.2) is 264 Å². The first-order valence-electron chi connectivity index (χ1n) is 24.8. The van der Waals surface area contributed by atoms with E-state index in [-0.39, 0.29) is 17.6 Å². The van der Waals surface area contributed by atoms with Crippen LogP contribution in [0.25, 0.3) is 44.5 Å². The summed E-state index contributed by atoms with van der Waals surface area (Å²) in [6.45, 7) is 8.46. The normalized spacial score (nSPS) is 16.4. The summed E-state index contributed by atoms with van der Waals surface area (Å²) in [6, 6.07) is 61.2. The van der Waals surface area contributed by atoms with E-state index in [4.69, 9.17) is 0 Å². The van der Waals surface area contributed by atoms with E-state index in [9.17, 15) is 0 Å². The highest BCUT2D eigenvalue weighted by Gasteiger charge is 2.41. The second-order valence-corrected chi connectivity index (χ2v) is 19.5. The third-order valence-corrected chi connectivity index (χ3v) is 14.5. The van der Waals surface area contributed by atoms with Crippen LogP contribution in [-0.2, 0) is 0 Å². The number of para-hydroxylation sites is 2. The average molecular weight is 935 g/mol. The number of aryl methyl sites for hydroxylation is 4. The Morgan fingerprint density at radius 1 is 0.403 bits per heavy atom. The third-order valence-electron chi connectivity index (χ3n) is 14.5. The van der Waals surface area contributed by atoms with Gasteiger partial charge in [0.1, 0.15) is 11.6 Å². The quantitative estimate of drug-likeness (QED) is 0.135. The van der Waals surface area contributed by atoms with Crippen molar-refractivity contribution >= 4 is 22.7 Å². The second kappa shape index (κ2) is 18.3. The number of anilines is 4. The van der Waals surface area contributed by atoms with Crippen LogP contribution in [0.1, 0.15) is 22.3 Å². The Bertz CT molecular complexity index is 3740. The van der Waals surface area contributed by atoms with Crippen molar-refractivity contribution in [2.24, 2.45) is 5.92 Å². The molecule has 0 saturated heterocycles. The summed E-state index contributed by atoms with van der Waals surface area (Å²) < 4.78 is 33.5. The molecule has 4 aliphatic carbocycles. The smallest absolute Gasteiger partial charge is 0.147 e. The van der Waals surface area contributed by atoms with Gasteiger partial charge in [-0.1, -0.05) is 198 Å². The lowest BCUT2D eigenvalue weighted by Crippen LogP contribution is -2.38. The van der Waals surface area contributed by atoms with Crippen molar-refractivity contribution in [3.05, 3.63) is 298 Å². The van der Waals surface area contributed by atoms with Crippen LogP contribution in [-0.4, -0.2) is 6.04 Å². The molecule has 8 aromatic rings. The molecule has 2 unspecified atom stereocenters. The fourth-order valence-corrected chi connectivity index (χ4v) is 11.2. The van der Waals surface area contributed by atoms with Gasteiger partial charge in [-0.25, -0.2) is 8.78 Å². The molecule has 4 aliphatic rings. The maximum Gasteiger partial charge on any atom is 0.147 e. The van der Waals surface area contributed by atoms with Crippen molar-refractivity contribution < 1.29 is 8.78 Å². The van der Waals surface area contributed by atoms with Gasteiger partial charge in [0.2, 0.25) is 0 Å². The summed E-state index contributed by atoms with van der Waals surface area (Å²) in [5.74, 6) is -0.800. The molecule has 0 N–H and O–H groups in total. The van der Waals surface area contributed by atoms with Gasteiger partial charge in [-0.2, -0.15) is 0 Å². The van der Waals surface area contributed by atoms with Crippen LogP contribution in [0.3, 0.4) is 0 Å². The highest BCUT2D eigenvalue weighted by molar-refractivity contribution is 5.91. The van der Waals surface area contributed by atoms with Crippen LogP contribution < -0.4 is 9.80 Å². The zero-order chi connectivity index (χ0) is 49.0. The van der Waals surface area contributed by atoms with Crippen molar-refractivity contribution in [2.75, 3.05) is 9.80 Å². The zero-order valence-electron chi connectivity index (χ0n) is 40.7. The molecule has 2 nitrogen and oxygen atoms in total. The van der Waals surface area contributed by atoms with Gasteiger partial charge in [-0.3, -0.25) is 0 Å². The molecule has 0 heterocycles. The van der Waals surface area contributed by atoms with Crippen molar-refractivity contribution in [3.8, 4) is 44.5 Å². The van der Waals surface area contributed by atoms with Crippen LogP contribution in [0.2, 0.25) is 0 Å². The molecule has 0 fully saturated rings. The maximum atomic E-state index is 16.7. The number of rotatable bonds is 10. The van der Waals surface area contributed by atoms with E-state index in [0.717, 1.165) is 101 Å². The summed E-state index contributed by atoms with van der Waals surface area (Å²) in [7, 11) is 0.